The zero-order chi connectivity index (χ0) is 7.84. The zero-order valence-electron chi connectivity index (χ0n) is 6.54. The number of hydrazine groups is 1. The largest absolute Gasteiger partial charge is 0.399 e. The topological polar surface area (TPSA) is 53.6 Å². The molecule has 11 heavy (non-hydrogen) atoms. The number of fused-ring (bicyclic) bond motifs is 1. The molecule has 4 nitrogen and oxygen atoms in total. The van der Waals surface area contributed by atoms with Crippen LogP contribution >= 0.6 is 0 Å². The molecule has 2 aliphatic heterocycles. The molecule has 0 radical (unpaired) electrons. The molecule has 0 aromatic carbocycles. The Morgan fingerprint density at radius 3 is 3.45 bits per heavy atom. The van der Waals surface area contributed by atoms with Gasteiger partial charge in [0.05, 0.1) is 6.54 Å². The first-order valence-corrected chi connectivity index (χ1v) is 3.80. The van der Waals surface area contributed by atoms with E-state index < -0.39 is 0 Å². The lowest BCUT2D eigenvalue weighted by atomic mass is 10.2. The maximum absolute atomic E-state index is 5.61. The van der Waals surface area contributed by atoms with E-state index in [2.05, 4.69) is 17.3 Å². The van der Waals surface area contributed by atoms with E-state index in [1.807, 2.05) is 5.01 Å². The second-order valence-corrected chi connectivity index (χ2v) is 3.04. The van der Waals surface area contributed by atoms with Crippen LogP contribution < -0.4 is 11.2 Å². The quantitative estimate of drug-likeness (QED) is 0.499. The van der Waals surface area contributed by atoms with Crippen molar-refractivity contribution in [3.63, 3.8) is 0 Å². The molecule has 2 rings (SSSR count). The lowest BCUT2D eigenvalue weighted by Crippen LogP contribution is -2.39. The van der Waals surface area contributed by atoms with Crippen LogP contribution in [0.1, 0.15) is 6.92 Å². The smallest absolute Gasteiger partial charge is 0.123 e. The molecule has 60 valence electrons. The average molecular weight is 152 g/mol. The van der Waals surface area contributed by atoms with E-state index in [0.717, 1.165) is 24.6 Å². The third-order valence-electron chi connectivity index (χ3n) is 2.01. The molecule has 0 saturated carbocycles. The van der Waals surface area contributed by atoms with Gasteiger partial charge in [-0.3, -0.25) is 5.01 Å². The number of amidine groups is 1. The number of hydrogen-bond acceptors (Lipinski definition) is 4. The Balaban J connectivity index is 2.25. The van der Waals surface area contributed by atoms with Crippen molar-refractivity contribution in [2.45, 2.75) is 6.92 Å². The van der Waals surface area contributed by atoms with Crippen LogP contribution in [0.4, 0.5) is 0 Å². The van der Waals surface area contributed by atoms with Crippen molar-refractivity contribution < 1.29 is 0 Å². The molecule has 1 saturated heterocycles. The predicted octanol–water partition coefficient (Wildman–Crippen LogP) is -0.345. The minimum absolute atomic E-state index is 0.513. The van der Waals surface area contributed by atoms with Crippen molar-refractivity contribution in [2.24, 2.45) is 16.6 Å². The van der Waals surface area contributed by atoms with Crippen LogP contribution in [0.3, 0.4) is 0 Å². The van der Waals surface area contributed by atoms with E-state index in [-0.39, 0.29) is 0 Å². The highest BCUT2D eigenvalue weighted by Gasteiger charge is 2.27. The summed E-state index contributed by atoms with van der Waals surface area (Å²) in [7, 11) is 0. The Labute approximate surface area is 65.7 Å². The fourth-order valence-electron chi connectivity index (χ4n) is 1.39. The molecule has 2 aliphatic rings. The molecular weight excluding hydrogens is 140 g/mol. The van der Waals surface area contributed by atoms with E-state index in [4.69, 9.17) is 5.73 Å². The average Bonchev–Trinajstić information content (AvgIpc) is 2.32. The van der Waals surface area contributed by atoms with Crippen molar-refractivity contribution in [1.82, 2.24) is 10.4 Å². The minimum atomic E-state index is 0.513. The zero-order valence-corrected chi connectivity index (χ0v) is 6.54. The van der Waals surface area contributed by atoms with Gasteiger partial charge in [0.15, 0.2) is 0 Å². The molecular formula is C7H12N4. The second-order valence-electron chi connectivity index (χ2n) is 3.04. The van der Waals surface area contributed by atoms with E-state index in [1.165, 1.54) is 0 Å². The molecule has 1 fully saturated rings. The van der Waals surface area contributed by atoms with Gasteiger partial charge < -0.3 is 5.73 Å². The SMILES string of the molecule is C[C@H]1CNN2CC(N)=CN=C12. The van der Waals surface area contributed by atoms with Crippen LogP contribution in [0.2, 0.25) is 0 Å². The summed E-state index contributed by atoms with van der Waals surface area (Å²) in [5.41, 5.74) is 9.64. The van der Waals surface area contributed by atoms with Gasteiger partial charge in [0.2, 0.25) is 0 Å². The highest BCUT2D eigenvalue weighted by molar-refractivity contribution is 5.87. The van der Waals surface area contributed by atoms with Gasteiger partial charge in [-0.15, -0.1) is 0 Å². The van der Waals surface area contributed by atoms with Gasteiger partial charge in [-0.25, -0.2) is 10.4 Å². The fourth-order valence-corrected chi connectivity index (χ4v) is 1.39. The molecule has 0 bridgehead atoms. The van der Waals surface area contributed by atoms with Crippen LogP contribution in [-0.4, -0.2) is 23.9 Å². The normalized spacial score (nSPS) is 29.5. The standard InChI is InChI=1S/C7H12N4/c1-5-2-10-11-4-6(8)3-9-7(5)11/h3,5,10H,2,4,8H2,1H3/t5-/m0/s1. The van der Waals surface area contributed by atoms with Gasteiger partial charge in [0, 0.05) is 24.4 Å². The monoisotopic (exact) mass is 152 g/mol. The Morgan fingerprint density at radius 2 is 2.64 bits per heavy atom. The summed E-state index contributed by atoms with van der Waals surface area (Å²) in [6, 6.07) is 0. The summed E-state index contributed by atoms with van der Waals surface area (Å²) in [6.07, 6.45) is 1.75. The van der Waals surface area contributed by atoms with Crippen molar-refractivity contribution in [1.29, 1.82) is 0 Å². The third kappa shape index (κ3) is 0.991. The lowest BCUT2D eigenvalue weighted by molar-refractivity contribution is 0.368. The molecule has 0 amide bonds. The first-order valence-electron chi connectivity index (χ1n) is 3.80. The van der Waals surface area contributed by atoms with E-state index in [0.29, 0.717) is 5.92 Å². The van der Waals surface area contributed by atoms with E-state index in [9.17, 15) is 0 Å². The molecule has 3 N–H and O–H groups in total. The number of nitrogens with one attached hydrogen (secondary N) is 1. The summed E-state index contributed by atoms with van der Waals surface area (Å²) in [4.78, 5) is 4.25. The van der Waals surface area contributed by atoms with Crippen LogP contribution in [-0.2, 0) is 0 Å². The second kappa shape index (κ2) is 2.23. The summed E-state index contributed by atoms with van der Waals surface area (Å²) >= 11 is 0. The molecule has 1 atom stereocenters. The van der Waals surface area contributed by atoms with Crippen LogP contribution in [0.25, 0.3) is 0 Å². The van der Waals surface area contributed by atoms with E-state index in [1.54, 1.807) is 6.20 Å². The molecule has 2 heterocycles. The van der Waals surface area contributed by atoms with Crippen LogP contribution in [0, 0.1) is 5.92 Å². The van der Waals surface area contributed by atoms with Gasteiger partial charge in [-0.2, -0.15) is 0 Å². The minimum Gasteiger partial charge on any atom is -0.399 e. The van der Waals surface area contributed by atoms with Crippen LogP contribution in [0.5, 0.6) is 0 Å². The van der Waals surface area contributed by atoms with Gasteiger partial charge in [-0.05, 0) is 0 Å². The maximum Gasteiger partial charge on any atom is 0.123 e. The summed E-state index contributed by atoms with van der Waals surface area (Å²) in [5.74, 6) is 1.62. The highest BCUT2D eigenvalue weighted by Crippen LogP contribution is 2.14. The van der Waals surface area contributed by atoms with Crippen LogP contribution in [0.15, 0.2) is 16.9 Å². The molecule has 4 heteroatoms. The first kappa shape index (κ1) is 6.67. The highest BCUT2D eigenvalue weighted by atomic mass is 15.6. The number of nitrogens with zero attached hydrogens (tertiary/aromatic N) is 2. The molecule has 0 aromatic heterocycles. The van der Waals surface area contributed by atoms with Crippen molar-refractivity contribution >= 4 is 5.84 Å². The first-order chi connectivity index (χ1) is 5.27. The van der Waals surface area contributed by atoms with Crippen molar-refractivity contribution in [3.8, 4) is 0 Å². The summed E-state index contributed by atoms with van der Waals surface area (Å²) in [5, 5.41) is 2.01. The Kier molecular flexibility index (Phi) is 1.35. The number of aliphatic imine (C=N–C) groups is 1. The molecule has 0 aromatic rings. The summed E-state index contributed by atoms with van der Waals surface area (Å²) < 4.78 is 0. The molecule has 0 aliphatic carbocycles. The van der Waals surface area contributed by atoms with Crippen molar-refractivity contribution in [3.05, 3.63) is 11.9 Å². The number of rotatable bonds is 0. The Bertz CT molecular complexity index is 231. The van der Waals surface area contributed by atoms with Crippen molar-refractivity contribution in [2.75, 3.05) is 13.1 Å². The Morgan fingerprint density at radius 1 is 1.82 bits per heavy atom. The van der Waals surface area contributed by atoms with Gasteiger partial charge in [0.25, 0.3) is 0 Å². The van der Waals surface area contributed by atoms with E-state index >= 15 is 0 Å². The fraction of sp³-hybridized carbons (Fsp3) is 0.571. The Hall–Kier alpha value is -1.03. The molecule has 0 unspecified atom stereocenters. The number of hydrogen-bond donors (Lipinski definition) is 2. The number of nitrogens with two attached hydrogens (primary N) is 1. The lowest BCUT2D eigenvalue weighted by Gasteiger charge is -2.22. The predicted molar refractivity (Wildman–Crippen MR) is 43.6 cm³/mol. The maximum atomic E-state index is 5.61. The van der Waals surface area contributed by atoms with Gasteiger partial charge in [0.1, 0.15) is 5.84 Å². The summed E-state index contributed by atoms with van der Waals surface area (Å²) in [6.45, 7) is 3.89. The molecule has 0 spiro atoms. The third-order valence-corrected chi connectivity index (χ3v) is 2.01. The van der Waals surface area contributed by atoms with Gasteiger partial charge >= 0.3 is 0 Å². The van der Waals surface area contributed by atoms with Gasteiger partial charge in [-0.1, -0.05) is 6.92 Å².